The number of hydrogen-bond acceptors (Lipinski definition) is 3. The van der Waals surface area contributed by atoms with Crippen molar-refractivity contribution >= 4 is 0 Å². The van der Waals surface area contributed by atoms with Crippen molar-refractivity contribution in [2.24, 2.45) is 5.92 Å². The summed E-state index contributed by atoms with van der Waals surface area (Å²) in [5, 5.41) is 12.1. The Kier molecular flexibility index (Phi) is 8.40. The minimum atomic E-state index is 0.256. The van der Waals surface area contributed by atoms with E-state index < -0.39 is 0 Å². The van der Waals surface area contributed by atoms with Gasteiger partial charge in [0, 0.05) is 13.1 Å². The normalized spacial score (nSPS) is 13.6. The number of hydrogen-bond donors (Lipinski definition) is 2. The van der Waals surface area contributed by atoms with Gasteiger partial charge in [-0.05, 0) is 32.5 Å². The lowest BCUT2D eigenvalue weighted by Crippen LogP contribution is -2.32. The summed E-state index contributed by atoms with van der Waals surface area (Å²) in [6.07, 6.45) is 1.19. The van der Waals surface area contributed by atoms with Crippen molar-refractivity contribution in [2.75, 3.05) is 39.8 Å². The van der Waals surface area contributed by atoms with Crippen molar-refractivity contribution < 1.29 is 5.11 Å². The zero-order valence-corrected chi connectivity index (χ0v) is 9.21. The second-order valence-electron chi connectivity index (χ2n) is 3.80. The number of nitrogens with one attached hydrogen (secondary N) is 1. The molecule has 0 aliphatic rings. The summed E-state index contributed by atoms with van der Waals surface area (Å²) < 4.78 is 0. The van der Waals surface area contributed by atoms with Crippen molar-refractivity contribution in [1.29, 1.82) is 0 Å². The molecule has 3 heteroatoms. The van der Waals surface area contributed by atoms with E-state index in [2.05, 4.69) is 24.1 Å². The lowest BCUT2D eigenvalue weighted by molar-refractivity contribution is 0.204. The van der Waals surface area contributed by atoms with Crippen LogP contribution in [0.1, 0.15) is 20.3 Å². The van der Waals surface area contributed by atoms with Gasteiger partial charge in [-0.15, -0.1) is 0 Å². The van der Waals surface area contributed by atoms with E-state index >= 15 is 0 Å². The van der Waals surface area contributed by atoms with Gasteiger partial charge in [0.1, 0.15) is 0 Å². The third kappa shape index (κ3) is 8.22. The van der Waals surface area contributed by atoms with E-state index in [1.165, 1.54) is 6.42 Å². The second-order valence-corrected chi connectivity index (χ2v) is 3.80. The van der Waals surface area contributed by atoms with Gasteiger partial charge in [0.05, 0.1) is 6.61 Å². The summed E-state index contributed by atoms with van der Waals surface area (Å²) in [6, 6.07) is 0. The van der Waals surface area contributed by atoms with E-state index in [4.69, 9.17) is 5.11 Å². The van der Waals surface area contributed by atoms with Crippen LogP contribution in [0.15, 0.2) is 0 Å². The molecule has 1 atom stereocenters. The number of nitrogens with zero attached hydrogens (tertiary/aromatic N) is 1. The van der Waals surface area contributed by atoms with E-state index in [1.807, 2.05) is 7.05 Å². The van der Waals surface area contributed by atoms with Gasteiger partial charge in [0.25, 0.3) is 0 Å². The molecule has 0 saturated heterocycles. The van der Waals surface area contributed by atoms with Crippen molar-refractivity contribution in [2.45, 2.75) is 20.3 Å². The Hall–Kier alpha value is -0.120. The van der Waals surface area contributed by atoms with Gasteiger partial charge >= 0.3 is 0 Å². The van der Waals surface area contributed by atoms with Crippen LogP contribution in [0.2, 0.25) is 0 Å². The van der Waals surface area contributed by atoms with Crippen LogP contribution < -0.4 is 5.32 Å². The molecule has 0 rings (SSSR count). The molecule has 13 heavy (non-hydrogen) atoms. The first kappa shape index (κ1) is 12.9. The molecule has 0 aliphatic heterocycles. The maximum Gasteiger partial charge on any atom is 0.0558 e. The van der Waals surface area contributed by atoms with Crippen LogP contribution >= 0.6 is 0 Å². The van der Waals surface area contributed by atoms with Crippen molar-refractivity contribution in [3.63, 3.8) is 0 Å². The van der Waals surface area contributed by atoms with Crippen molar-refractivity contribution in [3.05, 3.63) is 0 Å². The van der Waals surface area contributed by atoms with Gasteiger partial charge in [0.15, 0.2) is 0 Å². The van der Waals surface area contributed by atoms with Crippen molar-refractivity contribution in [1.82, 2.24) is 10.2 Å². The molecule has 0 bridgehead atoms. The smallest absolute Gasteiger partial charge is 0.0558 e. The summed E-state index contributed by atoms with van der Waals surface area (Å²) in [7, 11) is 2.05. The van der Waals surface area contributed by atoms with Gasteiger partial charge < -0.3 is 15.3 Å². The maximum atomic E-state index is 8.71. The van der Waals surface area contributed by atoms with E-state index in [0.29, 0.717) is 5.92 Å². The van der Waals surface area contributed by atoms with E-state index in [0.717, 1.165) is 26.2 Å². The Bertz CT molecular complexity index is 109. The van der Waals surface area contributed by atoms with Gasteiger partial charge in [0.2, 0.25) is 0 Å². The third-order valence-electron chi connectivity index (χ3n) is 2.02. The zero-order valence-electron chi connectivity index (χ0n) is 9.21. The van der Waals surface area contributed by atoms with Gasteiger partial charge in [-0.25, -0.2) is 0 Å². The highest BCUT2D eigenvalue weighted by Gasteiger charge is 2.04. The molecule has 0 amide bonds. The second kappa shape index (κ2) is 8.48. The summed E-state index contributed by atoms with van der Waals surface area (Å²) >= 11 is 0. The monoisotopic (exact) mass is 188 g/mol. The number of rotatable bonds is 8. The SMILES string of the molecule is CCCNCC(C)CN(C)CCO. The Morgan fingerprint density at radius 1 is 1.46 bits per heavy atom. The third-order valence-corrected chi connectivity index (χ3v) is 2.02. The predicted molar refractivity (Wildman–Crippen MR) is 56.9 cm³/mol. The molecular formula is C10H24N2O. The topological polar surface area (TPSA) is 35.5 Å². The minimum absolute atomic E-state index is 0.256. The molecule has 0 fully saturated rings. The molecule has 0 aromatic carbocycles. The molecule has 3 nitrogen and oxygen atoms in total. The van der Waals surface area contributed by atoms with Crippen LogP contribution in [0.5, 0.6) is 0 Å². The quantitative estimate of drug-likeness (QED) is 0.546. The van der Waals surface area contributed by atoms with E-state index in [-0.39, 0.29) is 6.61 Å². The summed E-state index contributed by atoms with van der Waals surface area (Å²) in [5.74, 6) is 0.656. The predicted octanol–water partition coefficient (Wildman–Crippen LogP) is 0.546. The average Bonchev–Trinajstić information content (AvgIpc) is 2.05. The van der Waals surface area contributed by atoms with Gasteiger partial charge in [-0.3, -0.25) is 0 Å². The standard InChI is InChI=1S/C10H24N2O/c1-4-5-11-8-10(2)9-12(3)6-7-13/h10-11,13H,4-9H2,1-3H3. The summed E-state index contributed by atoms with van der Waals surface area (Å²) in [5.41, 5.74) is 0. The Morgan fingerprint density at radius 2 is 2.15 bits per heavy atom. The molecule has 0 spiro atoms. The molecule has 0 heterocycles. The molecule has 0 aromatic rings. The fourth-order valence-electron chi connectivity index (χ4n) is 1.38. The average molecular weight is 188 g/mol. The maximum absolute atomic E-state index is 8.71. The Balaban J connectivity index is 3.32. The lowest BCUT2D eigenvalue weighted by Gasteiger charge is -2.20. The fraction of sp³-hybridized carbons (Fsp3) is 1.00. The Labute approximate surface area is 82.1 Å². The van der Waals surface area contributed by atoms with Crippen LogP contribution in [0.3, 0.4) is 0 Å². The van der Waals surface area contributed by atoms with Crippen LogP contribution in [-0.2, 0) is 0 Å². The molecule has 2 N–H and O–H groups in total. The summed E-state index contributed by atoms with van der Waals surface area (Å²) in [6.45, 7) is 8.67. The van der Waals surface area contributed by atoms with Crippen LogP contribution in [0.4, 0.5) is 0 Å². The first-order valence-corrected chi connectivity index (χ1v) is 5.20. The molecule has 0 saturated carbocycles. The van der Waals surface area contributed by atoms with E-state index in [9.17, 15) is 0 Å². The number of aliphatic hydroxyl groups is 1. The number of likely N-dealkylation sites (N-methyl/N-ethyl adjacent to an activating group) is 1. The molecule has 80 valence electrons. The Morgan fingerprint density at radius 3 is 2.69 bits per heavy atom. The first-order chi connectivity index (χ1) is 6.20. The summed E-state index contributed by atoms with van der Waals surface area (Å²) in [4.78, 5) is 2.16. The molecule has 0 aliphatic carbocycles. The highest BCUT2D eigenvalue weighted by Crippen LogP contribution is 1.95. The first-order valence-electron chi connectivity index (χ1n) is 5.20. The molecule has 0 radical (unpaired) electrons. The lowest BCUT2D eigenvalue weighted by atomic mass is 10.1. The van der Waals surface area contributed by atoms with Crippen LogP contribution in [0.25, 0.3) is 0 Å². The molecule has 0 aromatic heterocycles. The highest BCUT2D eigenvalue weighted by molar-refractivity contribution is 4.61. The highest BCUT2D eigenvalue weighted by atomic mass is 16.3. The minimum Gasteiger partial charge on any atom is -0.395 e. The van der Waals surface area contributed by atoms with Crippen molar-refractivity contribution in [3.8, 4) is 0 Å². The molecular weight excluding hydrogens is 164 g/mol. The van der Waals surface area contributed by atoms with Crippen LogP contribution in [0, 0.1) is 5.92 Å². The fourth-order valence-corrected chi connectivity index (χ4v) is 1.38. The molecule has 1 unspecified atom stereocenters. The number of aliphatic hydroxyl groups excluding tert-OH is 1. The van der Waals surface area contributed by atoms with Gasteiger partial charge in [-0.2, -0.15) is 0 Å². The van der Waals surface area contributed by atoms with E-state index in [1.54, 1.807) is 0 Å². The zero-order chi connectivity index (χ0) is 10.1. The van der Waals surface area contributed by atoms with Gasteiger partial charge in [-0.1, -0.05) is 13.8 Å². The largest absolute Gasteiger partial charge is 0.395 e. The van der Waals surface area contributed by atoms with Crippen LogP contribution in [-0.4, -0.2) is 49.8 Å².